The Labute approximate surface area is 115 Å². The summed E-state index contributed by atoms with van der Waals surface area (Å²) in [4.78, 5) is 33.9. The maximum absolute atomic E-state index is 12.1. The molecule has 0 aliphatic heterocycles. The van der Waals surface area contributed by atoms with E-state index >= 15 is 0 Å². The lowest BCUT2D eigenvalue weighted by Crippen LogP contribution is -2.61. The highest BCUT2D eigenvalue weighted by Gasteiger charge is 2.44. The van der Waals surface area contributed by atoms with Crippen molar-refractivity contribution in [1.82, 2.24) is 0 Å². The molecule has 7 nitrogen and oxygen atoms in total. The number of rotatable bonds is 7. The number of ketones is 1. The standard InChI is InChI=1S/C13H16N2O5/c14-9(6-10(16)17)11(18)13(15,12(19)20)7-8-4-2-1-3-5-8/h1-5,9H,6-7,14-15H2,(H,16,17)(H,19,20). The van der Waals surface area contributed by atoms with Crippen LogP contribution < -0.4 is 11.5 Å². The fraction of sp³-hybridized carbons (Fsp3) is 0.308. The molecule has 0 aromatic heterocycles. The van der Waals surface area contributed by atoms with E-state index in [0.29, 0.717) is 5.56 Å². The van der Waals surface area contributed by atoms with Crippen LogP contribution in [0.2, 0.25) is 0 Å². The average molecular weight is 280 g/mol. The molecular weight excluding hydrogens is 264 g/mol. The summed E-state index contributed by atoms with van der Waals surface area (Å²) in [5.41, 5.74) is 9.40. The number of carboxylic acid groups (broad SMARTS) is 2. The zero-order chi connectivity index (χ0) is 15.3. The number of nitrogens with two attached hydrogens (primary N) is 2. The lowest BCUT2D eigenvalue weighted by atomic mass is 9.83. The minimum absolute atomic E-state index is 0.255. The predicted octanol–water partition coefficient (Wildman–Crippen LogP) is -0.618. The third kappa shape index (κ3) is 3.62. The van der Waals surface area contributed by atoms with Gasteiger partial charge < -0.3 is 21.7 Å². The number of benzene rings is 1. The molecule has 1 aromatic rings. The first kappa shape index (κ1) is 15.8. The van der Waals surface area contributed by atoms with Crippen LogP contribution in [0.3, 0.4) is 0 Å². The number of hydrogen-bond acceptors (Lipinski definition) is 5. The highest BCUT2D eigenvalue weighted by Crippen LogP contribution is 2.15. The van der Waals surface area contributed by atoms with Crippen LogP contribution in [0.1, 0.15) is 12.0 Å². The second kappa shape index (κ2) is 6.27. The summed E-state index contributed by atoms with van der Waals surface area (Å²) in [5, 5.41) is 17.8. The molecule has 0 aliphatic rings. The van der Waals surface area contributed by atoms with E-state index in [4.69, 9.17) is 16.6 Å². The molecule has 0 radical (unpaired) electrons. The van der Waals surface area contributed by atoms with Crippen molar-refractivity contribution in [2.45, 2.75) is 24.4 Å². The molecule has 0 fully saturated rings. The molecule has 0 heterocycles. The highest BCUT2D eigenvalue weighted by molar-refractivity contribution is 6.10. The van der Waals surface area contributed by atoms with Crippen molar-refractivity contribution in [1.29, 1.82) is 0 Å². The number of aliphatic carboxylic acids is 2. The van der Waals surface area contributed by atoms with E-state index in [0.717, 1.165) is 0 Å². The Morgan fingerprint density at radius 2 is 1.70 bits per heavy atom. The van der Waals surface area contributed by atoms with Crippen LogP contribution in [0, 0.1) is 0 Å². The van der Waals surface area contributed by atoms with Gasteiger partial charge in [-0.3, -0.25) is 9.59 Å². The molecule has 0 aliphatic carbocycles. The molecule has 2 unspecified atom stereocenters. The zero-order valence-corrected chi connectivity index (χ0v) is 10.7. The van der Waals surface area contributed by atoms with Gasteiger partial charge in [-0.1, -0.05) is 30.3 Å². The molecule has 0 saturated heterocycles. The molecule has 0 spiro atoms. The molecule has 6 N–H and O–H groups in total. The summed E-state index contributed by atoms with van der Waals surface area (Å²) < 4.78 is 0. The normalized spacial score (nSPS) is 15.1. The van der Waals surface area contributed by atoms with Crippen LogP contribution in [0.4, 0.5) is 0 Å². The quantitative estimate of drug-likeness (QED) is 0.487. The van der Waals surface area contributed by atoms with Crippen molar-refractivity contribution in [3.63, 3.8) is 0 Å². The highest BCUT2D eigenvalue weighted by atomic mass is 16.4. The maximum atomic E-state index is 12.1. The van der Waals surface area contributed by atoms with Gasteiger partial charge in [0.2, 0.25) is 0 Å². The minimum Gasteiger partial charge on any atom is -0.481 e. The summed E-state index contributed by atoms with van der Waals surface area (Å²) in [6.07, 6.45) is -0.921. The largest absolute Gasteiger partial charge is 0.481 e. The van der Waals surface area contributed by atoms with Gasteiger partial charge in [-0.2, -0.15) is 0 Å². The third-order valence-corrected chi connectivity index (χ3v) is 2.88. The van der Waals surface area contributed by atoms with Gasteiger partial charge in [0.05, 0.1) is 12.5 Å². The topological polar surface area (TPSA) is 144 Å². The van der Waals surface area contributed by atoms with Crippen LogP contribution in [-0.4, -0.2) is 39.5 Å². The number of hydrogen-bond donors (Lipinski definition) is 4. The summed E-state index contributed by atoms with van der Waals surface area (Å²) in [7, 11) is 0. The van der Waals surface area contributed by atoms with E-state index in [1.54, 1.807) is 30.3 Å². The van der Waals surface area contributed by atoms with Crippen LogP contribution in [-0.2, 0) is 20.8 Å². The number of carbonyl (C=O) groups excluding carboxylic acids is 1. The number of Topliss-reactive ketones (excluding diaryl/α,β-unsaturated/α-hetero) is 1. The number of carbonyl (C=O) groups is 3. The van der Waals surface area contributed by atoms with Gasteiger partial charge in [0.15, 0.2) is 11.3 Å². The summed E-state index contributed by atoms with van der Waals surface area (Å²) >= 11 is 0. The SMILES string of the molecule is NC(CC(=O)O)C(=O)C(N)(Cc1ccccc1)C(=O)O. The fourth-order valence-electron chi connectivity index (χ4n) is 1.80. The van der Waals surface area contributed by atoms with Gasteiger partial charge in [0.1, 0.15) is 0 Å². The Balaban J connectivity index is 3.00. The summed E-state index contributed by atoms with van der Waals surface area (Å²) in [6.45, 7) is 0. The molecule has 2 atom stereocenters. The lowest BCUT2D eigenvalue weighted by molar-refractivity contribution is -0.150. The van der Waals surface area contributed by atoms with Gasteiger partial charge in [-0.05, 0) is 5.56 Å². The van der Waals surface area contributed by atoms with Crippen molar-refractivity contribution in [2.75, 3.05) is 0 Å². The van der Waals surface area contributed by atoms with Crippen LogP contribution in [0.25, 0.3) is 0 Å². The van der Waals surface area contributed by atoms with Crippen LogP contribution in [0.5, 0.6) is 0 Å². The van der Waals surface area contributed by atoms with E-state index < -0.39 is 35.7 Å². The van der Waals surface area contributed by atoms with Gasteiger partial charge >= 0.3 is 11.9 Å². The smallest absolute Gasteiger partial charge is 0.331 e. The second-order valence-corrected chi connectivity index (χ2v) is 4.51. The van der Waals surface area contributed by atoms with Gasteiger partial charge in [0.25, 0.3) is 0 Å². The Morgan fingerprint density at radius 3 is 2.15 bits per heavy atom. The third-order valence-electron chi connectivity index (χ3n) is 2.88. The molecule has 108 valence electrons. The lowest BCUT2D eigenvalue weighted by Gasteiger charge is -2.25. The molecule has 1 aromatic carbocycles. The molecule has 0 bridgehead atoms. The minimum atomic E-state index is -2.24. The Bertz CT molecular complexity index is 517. The molecule has 1 rings (SSSR count). The van der Waals surface area contributed by atoms with Crippen LogP contribution in [0.15, 0.2) is 30.3 Å². The van der Waals surface area contributed by atoms with E-state index in [2.05, 4.69) is 0 Å². The zero-order valence-electron chi connectivity index (χ0n) is 10.7. The van der Waals surface area contributed by atoms with Crippen LogP contribution >= 0.6 is 0 Å². The molecule has 20 heavy (non-hydrogen) atoms. The van der Waals surface area contributed by atoms with E-state index in [1.165, 1.54) is 0 Å². The maximum Gasteiger partial charge on any atom is 0.331 e. The Kier molecular flexibility index (Phi) is 4.95. The molecular formula is C13H16N2O5. The number of carboxylic acids is 2. The Hall–Kier alpha value is -2.25. The fourth-order valence-corrected chi connectivity index (χ4v) is 1.80. The van der Waals surface area contributed by atoms with Gasteiger partial charge in [-0.25, -0.2) is 4.79 Å². The first-order valence-electron chi connectivity index (χ1n) is 5.85. The monoisotopic (exact) mass is 280 g/mol. The first-order chi connectivity index (χ1) is 9.27. The van der Waals surface area contributed by atoms with Crippen molar-refractivity contribution in [3.05, 3.63) is 35.9 Å². The summed E-state index contributed by atoms with van der Waals surface area (Å²) in [5.74, 6) is -3.83. The predicted molar refractivity (Wildman–Crippen MR) is 69.9 cm³/mol. The average Bonchev–Trinajstić information content (AvgIpc) is 2.37. The summed E-state index contributed by atoms with van der Waals surface area (Å²) in [6, 6.07) is 6.89. The van der Waals surface area contributed by atoms with Crippen molar-refractivity contribution in [3.8, 4) is 0 Å². The van der Waals surface area contributed by atoms with Gasteiger partial charge in [0, 0.05) is 6.42 Å². The Morgan fingerprint density at radius 1 is 1.15 bits per heavy atom. The van der Waals surface area contributed by atoms with Crippen molar-refractivity contribution in [2.24, 2.45) is 11.5 Å². The van der Waals surface area contributed by atoms with E-state index in [-0.39, 0.29) is 6.42 Å². The molecule has 7 heteroatoms. The molecule has 0 saturated carbocycles. The van der Waals surface area contributed by atoms with Crippen molar-refractivity contribution >= 4 is 17.7 Å². The van der Waals surface area contributed by atoms with E-state index in [1.807, 2.05) is 0 Å². The van der Waals surface area contributed by atoms with Gasteiger partial charge in [-0.15, -0.1) is 0 Å². The van der Waals surface area contributed by atoms with E-state index in [9.17, 15) is 19.5 Å². The molecule has 0 amide bonds. The van der Waals surface area contributed by atoms with Crippen molar-refractivity contribution < 1.29 is 24.6 Å². The first-order valence-corrected chi connectivity index (χ1v) is 5.85. The second-order valence-electron chi connectivity index (χ2n) is 4.51.